The maximum absolute atomic E-state index is 5.28. The molecule has 0 aromatic rings. The van der Waals surface area contributed by atoms with Crippen LogP contribution in [0.5, 0.6) is 0 Å². The van der Waals surface area contributed by atoms with E-state index < -0.39 is 0 Å². The number of rotatable bonds is 9. The van der Waals surface area contributed by atoms with Crippen molar-refractivity contribution in [3.05, 3.63) is 0 Å². The molecule has 112 valence electrons. The molecule has 0 aromatic heterocycles. The molecule has 0 aromatic carbocycles. The summed E-state index contributed by atoms with van der Waals surface area (Å²) >= 11 is 0. The van der Waals surface area contributed by atoms with Crippen LogP contribution in [0, 0.1) is 5.92 Å². The molecular formula is C15H31N3O. The van der Waals surface area contributed by atoms with E-state index in [4.69, 9.17) is 4.74 Å². The van der Waals surface area contributed by atoms with Gasteiger partial charge in [-0.1, -0.05) is 38.5 Å². The molecule has 0 atom stereocenters. The highest BCUT2D eigenvalue weighted by Crippen LogP contribution is 2.28. The molecule has 19 heavy (non-hydrogen) atoms. The first-order valence-electron chi connectivity index (χ1n) is 7.89. The molecular weight excluding hydrogens is 238 g/mol. The summed E-state index contributed by atoms with van der Waals surface area (Å²) in [6.45, 7) is 5.35. The van der Waals surface area contributed by atoms with E-state index in [9.17, 15) is 0 Å². The van der Waals surface area contributed by atoms with E-state index in [1.807, 2.05) is 14.0 Å². The Bertz CT molecular complexity index is 238. The van der Waals surface area contributed by atoms with E-state index in [-0.39, 0.29) is 0 Å². The van der Waals surface area contributed by atoms with Gasteiger partial charge in [-0.25, -0.2) is 0 Å². The number of hydrogen-bond donors (Lipinski definition) is 2. The van der Waals surface area contributed by atoms with E-state index in [1.54, 1.807) is 0 Å². The average molecular weight is 269 g/mol. The highest BCUT2D eigenvalue weighted by molar-refractivity contribution is 5.79. The van der Waals surface area contributed by atoms with Gasteiger partial charge in [-0.15, -0.1) is 0 Å². The molecule has 0 aliphatic heterocycles. The lowest BCUT2D eigenvalue weighted by Crippen LogP contribution is -2.39. The summed E-state index contributed by atoms with van der Waals surface area (Å²) in [5.41, 5.74) is 0. The molecule has 1 saturated carbocycles. The quantitative estimate of drug-likeness (QED) is 0.384. The number of nitrogens with one attached hydrogen (secondary N) is 2. The standard InChI is InChI=1S/C15H31N3O/c1-3-19-13-12-18-15(16-2)17-11-7-6-10-14-8-4-5-9-14/h14H,3-13H2,1-2H3,(H2,16,17,18). The monoisotopic (exact) mass is 269 g/mol. The van der Waals surface area contributed by atoms with E-state index in [1.165, 1.54) is 44.9 Å². The third-order valence-electron chi connectivity index (χ3n) is 3.77. The second-order valence-electron chi connectivity index (χ2n) is 5.27. The van der Waals surface area contributed by atoms with Crippen LogP contribution in [0.1, 0.15) is 51.9 Å². The SMILES string of the molecule is CCOCCNC(=NC)NCCCCC1CCCC1. The topological polar surface area (TPSA) is 45.6 Å². The Morgan fingerprint density at radius 1 is 1.16 bits per heavy atom. The Hall–Kier alpha value is -0.770. The number of nitrogens with zero attached hydrogens (tertiary/aromatic N) is 1. The lowest BCUT2D eigenvalue weighted by atomic mass is 10.0. The highest BCUT2D eigenvalue weighted by atomic mass is 16.5. The Labute approximate surface area is 118 Å². The van der Waals surface area contributed by atoms with Crippen LogP contribution >= 0.6 is 0 Å². The first-order chi connectivity index (χ1) is 9.36. The van der Waals surface area contributed by atoms with Crippen LogP contribution in [0.4, 0.5) is 0 Å². The van der Waals surface area contributed by atoms with Crippen molar-refractivity contribution in [1.82, 2.24) is 10.6 Å². The lowest BCUT2D eigenvalue weighted by Gasteiger charge is -2.12. The normalized spacial score (nSPS) is 16.8. The molecule has 2 N–H and O–H groups in total. The van der Waals surface area contributed by atoms with Gasteiger partial charge in [0.05, 0.1) is 6.61 Å². The van der Waals surface area contributed by atoms with Gasteiger partial charge in [0.2, 0.25) is 0 Å². The first-order valence-corrected chi connectivity index (χ1v) is 7.89. The third-order valence-corrected chi connectivity index (χ3v) is 3.77. The summed E-state index contributed by atoms with van der Waals surface area (Å²) < 4.78 is 5.28. The summed E-state index contributed by atoms with van der Waals surface area (Å²) in [5, 5.41) is 6.61. The van der Waals surface area contributed by atoms with Gasteiger partial charge in [-0.3, -0.25) is 4.99 Å². The van der Waals surface area contributed by atoms with E-state index in [0.29, 0.717) is 0 Å². The van der Waals surface area contributed by atoms with Crippen LogP contribution in [0.2, 0.25) is 0 Å². The molecule has 0 saturated heterocycles. The van der Waals surface area contributed by atoms with Crippen molar-refractivity contribution in [2.45, 2.75) is 51.9 Å². The second-order valence-corrected chi connectivity index (χ2v) is 5.27. The highest BCUT2D eigenvalue weighted by Gasteiger charge is 2.13. The van der Waals surface area contributed by atoms with Crippen molar-refractivity contribution >= 4 is 5.96 Å². The minimum absolute atomic E-state index is 0.735. The zero-order valence-corrected chi connectivity index (χ0v) is 12.7. The van der Waals surface area contributed by atoms with Crippen molar-refractivity contribution in [2.75, 3.05) is 33.4 Å². The van der Waals surface area contributed by atoms with Crippen molar-refractivity contribution < 1.29 is 4.74 Å². The van der Waals surface area contributed by atoms with Crippen LogP contribution in [0.15, 0.2) is 4.99 Å². The number of ether oxygens (including phenoxy) is 1. The number of guanidine groups is 1. The first kappa shape index (κ1) is 16.3. The summed E-state index contributed by atoms with van der Waals surface area (Å²) in [5.74, 6) is 1.91. The zero-order valence-electron chi connectivity index (χ0n) is 12.7. The molecule has 1 aliphatic carbocycles. The molecule has 1 rings (SSSR count). The molecule has 0 unspecified atom stereocenters. The van der Waals surface area contributed by atoms with Gasteiger partial charge in [0.25, 0.3) is 0 Å². The van der Waals surface area contributed by atoms with Gasteiger partial charge >= 0.3 is 0 Å². The van der Waals surface area contributed by atoms with Crippen molar-refractivity contribution in [3.8, 4) is 0 Å². The predicted molar refractivity (Wildman–Crippen MR) is 81.7 cm³/mol. The van der Waals surface area contributed by atoms with E-state index in [2.05, 4.69) is 15.6 Å². The molecule has 1 aliphatic rings. The van der Waals surface area contributed by atoms with Gasteiger partial charge in [0, 0.05) is 26.7 Å². The fraction of sp³-hybridized carbons (Fsp3) is 0.933. The van der Waals surface area contributed by atoms with Crippen LogP contribution in [0.25, 0.3) is 0 Å². The van der Waals surface area contributed by atoms with Gasteiger partial charge < -0.3 is 15.4 Å². The van der Waals surface area contributed by atoms with Crippen LogP contribution in [-0.4, -0.2) is 39.3 Å². The second kappa shape index (κ2) is 11.1. The molecule has 4 nitrogen and oxygen atoms in total. The fourth-order valence-electron chi connectivity index (χ4n) is 2.67. The predicted octanol–water partition coefficient (Wildman–Crippen LogP) is 2.55. The summed E-state index contributed by atoms with van der Waals surface area (Å²) in [6.07, 6.45) is 9.84. The molecule has 0 radical (unpaired) electrons. The van der Waals surface area contributed by atoms with Crippen LogP contribution < -0.4 is 10.6 Å². The Morgan fingerprint density at radius 2 is 1.89 bits per heavy atom. The molecule has 0 heterocycles. The van der Waals surface area contributed by atoms with Gasteiger partial charge in [0.1, 0.15) is 0 Å². The summed E-state index contributed by atoms with van der Waals surface area (Å²) in [7, 11) is 1.81. The third kappa shape index (κ3) is 8.09. The van der Waals surface area contributed by atoms with Crippen molar-refractivity contribution in [3.63, 3.8) is 0 Å². The maximum atomic E-state index is 5.28. The van der Waals surface area contributed by atoms with E-state index in [0.717, 1.165) is 38.2 Å². The summed E-state index contributed by atoms with van der Waals surface area (Å²) in [6, 6.07) is 0. The average Bonchev–Trinajstić information content (AvgIpc) is 2.94. The van der Waals surface area contributed by atoms with Crippen molar-refractivity contribution in [1.29, 1.82) is 0 Å². The molecule has 0 bridgehead atoms. The number of unbranched alkanes of at least 4 members (excludes halogenated alkanes) is 1. The Balaban J connectivity index is 1.93. The minimum atomic E-state index is 0.735. The molecule has 0 amide bonds. The molecule has 0 spiro atoms. The minimum Gasteiger partial charge on any atom is -0.380 e. The van der Waals surface area contributed by atoms with Gasteiger partial charge in [-0.2, -0.15) is 0 Å². The Morgan fingerprint density at radius 3 is 2.58 bits per heavy atom. The number of hydrogen-bond acceptors (Lipinski definition) is 2. The Kier molecular flexibility index (Phi) is 9.51. The largest absolute Gasteiger partial charge is 0.380 e. The van der Waals surface area contributed by atoms with Crippen LogP contribution in [-0.2, 0) is 4.74 Å². The smallest absolute Gasteiger partial charge is 0.191 e. The molecule has 4 heteroatoms. The fourth-order valence-corrected chi connectivity index (χ4v) is 2.67. The van der Waals surface area contributed by atoms with Crippen molar-refractivity contribution in [2.24, 2.45) is 10.9 Å². The van der Waals surface area contributed by atoms with Gasteiger partial charge in [-0.05, 0) is 19.3 Å². The van der Waals surface area contributed by atoms with Gasteiger partial charge in [0.15, 0.2) is 5.96 Å². The maximum Gasteiger partial charge on any atom is 0.191 e. The molecule has 1 fully saturated rings. The van der Waals surface area contributed by atoms with E-state index >= 15 is 0 Å². The van der Waals surface area contributed by atoms with Crippen LogP contribution in [0.3, 0.4) is 0 Å². The summed E-state index contributed by atoms with van der Waals surface area (Å²) in [4.78, 5) is 4.20. The number of aliphatic imine (C=N–C) groups is 1. The zero-order chi connectivity index (χ0) is 13.8. The lowest BCUT2D eigenvalue weighted by molar-refractivity contribution is 0.152.